The molecule has 1 aromatic heterocycles. The van der Waals surface area contributed by atoms with Crippen LogP contribution in [0.25, 0.3) is 11.1 Å². The monoisotopic (exact) mass is 424 g/mol. The molecule has 32 heavy (non-hydrogen) atoms. The summed E-state index contributed by atoms with van der Waals surface area (Å²) in [6.45, 7) is 1.03. The maximum absolute atomic E-state index is 12.1. The highest BCUT2D eigenvalue weighted by Gasteiger charge is 2.06. The van der Waals surface area contributed by atoms with Crippen LogP contribution in [0.4, 0.5) is 10.5 Å². The van der Waals surface area contributed by atoms with Crippen LogP contribution in [-0.2, 0) is 13.0 Å². The number of pyridine rings is 1. The first kappa shape index (κ1) is 21.1. The van der Waals surface area contributed by atoms with Crippen LogP contribution < -0.4 is 20.4 Å². The lowest BCUT2D eigenvalue weighted by atomic mass is 9.98. The first-order valence-electron chi connectivity index (χ1n) is 10.6. The van der Waals surface area contributed by atoms with Crippen molar-refractivity contribution in [1.82, 2.24) is 5.32 Å². The number of H-pyrrole nitrogens is 1. The van der Waals surface area contributed by atoms with Crippen LogP contribution in [0.1, 0.15) is 11.1 Å². The highest BCUT2D eigenvalue weighted by Crippen LogP contribution is 2.24. The lowest BCUT2D eigenvalue weighted by Gasteiger charge is -2.12. The van der Waals surface area contributed by atoms with Gasteiger partial charge in [-0.3, -0.25) is 0 Å². The van der Waals surface area contributed by atoms with Crippen LogP contribution in [0.5, 0.6) is 5.75 Å². The Hall–Kier alpha value is -4.12. The number of urea groups is 1. The number of nitrogens with one attached hydrogen (secondary N) is 3. The van der Waals surface area contributed by atoms with Crippen LogP contribution in [0.3, 0.4) is 0 Å². The zero-order chi connectivity index (χ0) is 22.0. The number of hydrogen-bond donors (Lipinski definition) is 2. The third kappa shape index (κ3) is 5.95. The minimum atomic E-state index is -0.250. The highest BCUT2D eigenvalue weighted by atomic mass is 16.5. The molecule has 1 heterocycles. The van der Waals surface area contributed by atoms with Crippen molar-refractivity contribution in [2.24, 2.45) is 0 Å². The minimum absolute atomic E-state index is 0.250. The lowest BCUT2D eigenvalue weighted by Crippen LogP contribution is -2.28. The molecule has 5 nitrogen and oxygen atoms in total. The second-order valence-corrected chi connectivity index (χ2v) is 7.37. The normalized spacial score (nSPS) is 10.4. The van der Waals surface area contributed by atoms with E-state index in [9.17, 15) is 4.79 Å². The molecular weight excluding hydrogens is 398 g/mol. The van der Waals surface area contributed by atoms with Gasteiger partial charge in [-0.1, -0.05) is 54.6 Å². The van der Waals surface area contributed by atoms with Crippen LogP contribution in [0.2, 0.25) is 0 Å². The number of rotatable bonds is 8. The van der Waals surface area contributed by atoms with Gasteiger partial charge in [-0.2, -0.15) is 0 Å². The Bertz CT molecular complexity index is 1130. The van der Waals surface area contributed by atoms with Gasteiger partial charge in [-0.05, 0) is 47.0 Å². The Morgan fingerprint density at radius 1 is 0.844 bits per heavy atom. The molecule has 0 saturated carbocycles. The fourth-order valence-corrected chi connectivity index (χ4v) is 3.45. The summed E-state index contributed by atoms with van der Waals surface area (Å²) in [7, 11) is 0. The second kappa shape index (κ2) is 10.8. The molecule has 0 radical (unpaired) electrons. The van der Waals surface area contributed by atoms with E-state index in [-0.39, 0.29) is 6.03 Å². The van der Waals surface area contributed by atoms with Crippen molar-refractivity contribution in [3.63, 3.8) is 0 Å². The van der Waals surface area contributed by atoms with Crippen molar-refractivity contribution in [2.45, 2.75) is 13.0 Å². The van der Waals surface area contributed by atoms with Gasteiger partial charge < -0.3 is 15.4 Å². The maximum Gasteiger partial charge on any atom is 0.319 e. The summed E-state index contributed by atoms with van der Waals surface area (Å²) in [5, 5.41) is 5.66. The Balaban J connectivity index is 1.26. The van der Waals surface area contributed by atoms with Crippen LogP contribution in [0.15, 0.2) is 103 Å². The van der Waals surface area contributed by atoms with Gasteiger partial charge in [0.15, 0.2) is 12.4 Å². The largest absolute Gasteiger partial charge is 0.493 e. The smallest absolute Gasteiger partial charge is 0.319 e. The van der Waals surface area contributed by atoms with Crippen molar-refractivity contribution in [3.8, 4) is 16.9 Å². The molecule has 3 aromatic carbocycles. The predicted molar refractivity (Wildman–Crippen MR) is 126 cm³/mol. The second-order valence-electron chi connectivity index (χ2n) is 7.37. The summed E-state index contributed by atoms with van der Waals surface area (Å²) in [5.41, 5.74) is 5.41. The van der Waals surface area contributed by atoms with Gasteiger partial charge in [0.05, 0.1) is 13.2 Å². The zero-order valence-corrected chi connectivity index (χ0v) is 17.8. The Morgan fingerprint density at radius 2 is 1.62 bits per heavy atom. The molecule has 0 aliphatic rings. The van der Waals surface area contributed by atoms with E-state index in [4.69, 9.17) is 4.74 Å². The predicted octanol–water partition coefficient (Wildman–Crippen LogP) is 5.11. The van der Waals surface area contributed by atoms with E-state index >= 15 is 0 Å². The molecule has 2 amide bonds. The summed E-state index contributed by atoms with van der Waals surface area (Å²) < 4.78 is 5.93. The number of aromatic nitrogens is 1. The van der Waals surface area contributed by atoms with E-state index in [2.05, 4.69) is 64.1 Å². The van der Waals surface area contributed by atoms with Crippen molar-refractivity contribution in [3.05, 3.63) is 115 Å². The molecule has 3 N–H and O–H groups in total. The fourth-order valence-electron chi connectivity index (χ4n) is 3.45. The summed E-state index contributed by atoms with van der Waals surface area (Å²) in [6.07, 6.45) is 4.49. The van der Waals surface area contributed by atoms with Crippen molar-refractivity contribution in [2.75, 3.05) is 11.9 Å². The van der Waals surface area contributed by atoms with E-state index in [1.807, 2.05) is 54.9 Å². The fraction of sp³-hybridized carbons (Fsp3) is 0.111. The Labute approximate surface area is 188 Å². The third-order valence-electron chi connectivity index (χ3n) is 5.08. The number of anilines is 1. The van der Waals surface area contributed by atoms with Gasteiger partial charge in [0.1, 0.15) is 5.75 Å². The average molecular weight is 425 g/mol. The standard InChI is InChI=1S/C27H25N3O2/c31-27(29-20-21-7-6-17-28-19-21)30-24-12-14-25(15-13-24)32-18-16-23-10-4-5-11-26(23)22-8-2-1-3-9-22/h1-15,17,19H,16,18,20H2,(H2,29,30,31)/p+1. The van der Waals surface area contributed by atoms with Crippen LogP contribution in [-0.4, -0.2) is 12.6 Å². The minimum Gasteiger partial charge on any atom is -0.493 e. The van der Waals surface area contributed by atoms with Gasteiger partial charge in [0.2, 0.25) is 0 Å². The Morgan fingerprint density at radius 3 is 2.41 bits per heavy atom. The third-order valence-corrected chi connectivity index (χ3v) is 5.08. The van der Waals surface area contributed by atoms with Gasteiger partial charge in [0, 0.05) is 23.7 Å². The number of aromatic amines is 1. The lowest BCUT2D eigenvalue weighted by molar-refractivity contribution is -0.378. The van der Waals surface area contributed by atoms with Gasteiger partial charge in [-0.15, -0.1) is 0 Å². The number of carbonyl (C=O) groups excluding carboxylic acids is 1. The topological polar surface area (TPSA) is 64.5 Å². The van der Waals surface area contributed by atoms with E-state index in [0.29, 0.717) is 18.8 Å². The summed E-state index contributed by atoms with van der Waals surface area (Å²) >= 11 is 0. The molecule has 0 unspecified atom stereocenters. The molecule has 0 atom stereocenters. The van der Waals surface area contributed by atoms with Crippen LogP contribution in [0, 0.1) is 0 Å². The summed E-state index contributed by atoms with van der Waals surface area (Å²) in [6, 6.07) is 29.8. The van der Waals surface area contributed by atoms with Crippen molar-refractivity contribution >= 4 is 11.7 Å². The van der Waals surface area contributed by atoms with Gasteiger partial charge in [0.25, 0.3) is 0 Å². The average Bonchev–Trinajstić information content (AvgIpc) is 2.85. The van der Waals surface area contributed by atoms with E-state index in [0.717, 1.165) is 17.7 Å². The molecule has 0 spiro atoms. The molecule has 0 saturated heterocycles. The summed E-state index contributed by atoms with van der Waals surface area (Å²) in [5.74, 6) is 0.771. The van der Waals surface area contributed by atoms with Crippen molar-refractivity contribution in [1.29, 1.82) is 0 Å². The molecule has 0 aliphatic carbocycles. The summed E-state index contributed by atoms with van der Waals surface area (Å²) in [4.78, 5) is 15.1. The van der Waals surface area contributed by atoms with Gasteiger partial charge >= 0.3 is 6.03 Å². The number of carbonyl (C=O) groups is 1. The van der Waals surface area contributed by atoms with E-state index in [1.165, 1.54) is 16.7 Å². The molecule has 4 aromatic rings. The molecular formula is C27H26N3O2+. The molecule has 5 heteroatoms. The first-order valence-corrected chi connectivity index (χ1v) is 10.6. The quantitative estimate of drug-likeness (QED) is 0.413. The molecule has 0 aliphatic heterocycles. The molecule has 0 fully saturated rings. The number of hydrogen-bond acceptors (Lipinski definition) is 2. The molecule has 160 valence electrons. The van der Waals surface area contributed by atoms with E-state index in [1.54, 1.807) is 0 Å². The number of ether oxygens (including phenoxy) is 1. The number of amides is 2. The molecule has 0 bridgehead atoms. The van der Waals surface area contributed by atoms with Crippen molar-refractivity contribution < 1.29 is 14.5 Å². The maximum atomic E-state index is 12.1. The van der Waals surface area contributed by atoms with Crippen LogP contribution >= 0.6 is 0 Å². The Kier molecular flexibility index (Phi) is 7.11. The first-order chi connectivity index (χ1) is 15.8. The van der Waals surface area contributed by atoms with E-state index < -0.39 is 0 Å². The van der Waals surface area contributed by atoms with Gasteiger partial charge in [-0.25, -0.2) is 9.78 Å². The zero-order valence-electron chi connectivity index (χ0n) is 17.8. The SMILES string of the molecule is O=C(NCc1ccc[nH+]c1)Nc1ccc(OCCc2ccccc2-c2ccccc2)cc1. The molecule has 4 rings (SSSR count). The highest BCUT2D eigenvalue weighted by molar-refractivity contribution is 5.89. The number of benzene rings is 3.